The highest BCUT2D eigenvalue weighted by Crippen LogP contribution is 2.39. The number of aliphatic hydroxyl groups excluding tert-OH is 3. The normalized spacial score (nSPS) is 16.6. The molecular weight excluding hydrogens is 492 g/mol. The molecule has 11 heteroatoms. The monoisotopic (exact) mass is 530 g/mol. The lowest BCUT2D eigenvalue weighted by Gasteiger charge is -2.21. The molecule has 37 heavy (non-hydrogen) atoms. The van der Waals surface area contributed by atoms with Gasteiger partial charge in [-0.05, 0) is 56.9 Å². The average Bonchev–Trinajstić information content (AvgIpc) is 3.85. The summed E-state index contributed by atoms with van der Waals surface area (Å²) in [5.74, 6) is 2.88. The van der Waals surface area contributed by atoms with E-state index in [0.29, 0.717) is 42.5 Å². The van der Waals surface area contributed by atoms with Crippen LogP contribution in [0.25, 0.3) is 20.8 Å². The number of aromatic nitrogens is 4. The third kappa shape index (κ3) is 7.04. The summed E-state index contributed by atoms with van der Waals surface area (Å²) in [5.41, 5.74) is 2.36. The van der Waals surface area contributed by atoms with Gasteiger partial charge in [0.1, 0.15) is 16.3 Å². The summed E-state index contributed by atoms with van der Waals surface area (Å²) in [5, 5.41) is 34.6. The van der Waals surface area contributed by atoms with Crippen LogP contribution in [0, 0.1) is 24.7 Å². The number of hydrogen-bond acceptors (Lipinski definition) is 11. The lowest BCUT2D eigenvalue weighted by molar-refractivity contribution is 0.0742. The first-order valence-corrected chi connectivity index (χ1v) is 13.9. The van der Waals surface area contributed by atoms with E-state index >= 15 is 0 Å². The molecule has 3 aromatic rings. The van der Waals surface area contributed by atoms with Crippen molar-refractivity contribution < 1.29 is 20.1 Å². The van der Waals surface area contributed by atoms with Crippen molar-refractivity contribution in [2.24, 2.45) is 17.8 Å². The van der Waals surface area contributed by atoms with Crippen LogP contribution < -0.4 is 15.4 Å². The van der Waals surface area contributed by atoms with Crippen LogP contribution in [0.1, 0.15) is 44.7 Å². The lowest BCUT2D eigenvalue weighted by Crippen LogP contribution is -2.30. The number of nitrogens with zero attached hydrogens (tertiary/aromatic N) is 4. The molecule has 2 fully saturated rings. The Morgan fingerprint density at radius 2 is 1.86 bits per heavy atom. The van der Waals surface area contributed by atoms with Crippen molar-refractivity contribution in [2.45, 2.75) is 52.1 Å². The molecule has 1 unspecified atom stereocenters. The average molecular weight is 531 g/mol. The van der Waals surface area contributed by atoms with Gasteiger partial charge in [0.2, 0.25) is 11.8 Å². The van der Waals surface area contributed by atoms with Gasteiger partial charge in [-0.2, -0.15) is 4.98 Å². The molecule has 10 nitrogen and oxygen atoms in total. The first-order valence-electron chi connectivity index (χ1n) is 13.0. The van der Waals surface area contributed by atoms with Crippen molar-refractivity contribution in [3.63, 3.8) is 0 Å². The van der Waals surface area contributed by atoms with Crippen molar-refractivity contribution in [1.29, 1.82) is 0 Å². The van der Waals surface area contributed by atoms with Gasteiger partial charge in [0.05, 0.1) is 28.7 Å². The number of aryl methyl sites for hydroxylation is 1. The predicted octanol–water partition coefficient (Wildman–Crippen LogP) is 3.47. The molecule has 5 rings (SSSR count). The zero-order chi connectivity index (χ0) is 26.4. The third-order valence-electron chi connectivity index (χ3n) is 6.76. The zero-order valence-electron chi connectivity index (χ0n) is 21.8. The predicted molar refractivity (Wildman–Crippen MR) is 146 cm³/mol. The zero-order valence-corrected chi connectivity index (χ0v) is 22.6. The Labute approximate surface area is 221 Å². The number of fused-ring (bicyclic) bond motifs is 1. The first-order chi connectivity index (χ1) is 18.1. The molecule has 2 aliphatic rings. The maximum atomic E-state index is 10.6. The Hall–Kier alpha value is -2.60. The Morgan fingerprint density at radius 3 is 2.54 bits per heavy atom. The molecular formula is C26H38N6O4S. The molecule has 0 radical (unpaired) electrons. The SMILES string of the molecule is CCC(CO)[C@@H](O)CNc1nc(NCC2CC2)nc(C)c1-c1nc2c(OCC3CC3)nccc2s1.CO. The fourth-order valence-electron chi connectivity index (χ4n) is 4.01. The van der Waals surface area contributed by atoms with Gasteiger partial charge in [0, 0.05) is 38.9 Å². The smallest absolute Gasteiger partial charge is 0.241 e. The summed E-state index contributed by atoms with van der Waals surface area (Å²) in [6, 6.07) is 1.95. The molecule has 0 aromatic carbocycles. The minimum atomic E-state index is -0.696. The van der Waals surface area contributed by atoms with Crippen molar-refractivity contribution in [3.05, 3.63) is 18.0 Å². The molecule has 3 aromatic heterocycles. The summed E-state index contributed by atoms with van der Waals surface area (Å²) in [6.45, 7) is 5.67. The minimum Gasteiger partial charge on any atom is -0.476 e. The molecule has 2 atom stereocenters. The summed E-state index contributed by atoms with van der Waals surface area (Å²) >= 11 is 1.55. The van der Waals surface area contributed by atoms with Crippen LogP contribution in [-0.2, 0) is 0 Å². The van der Waals surface area contributed by atoms with E-state index in [0.717, 1.165) is 40.1 Å². The highest BCUT2D eigenvalue weighted by atomic mass is 32.1. The van der Waals surface area contributed by atoms with Crippen molar-refractivity contribution in [1.82, 2.24) is 19.9 Å². The van der Waals surface area contributed by atoms with Gasteiger partial charge in [-0.1, -0.05) is 6.92 Å². The third-order valence-corrected chi connectivity index (χ3v) is 7.80. The summed E-state index contributed by atoms with van der Waals surface area (Å²) in [7, 11) is 1.00. The van der Waals surface area contributed by atoms with Gasteiger partial charge in [0.15, 0.2) is 0 Å². The molecule has 5 N–H and O–H groups in total. The quantitative estimate of drug-likeness (QED) is 0.223. The fraction of sp³-hybridized carbons (Fsp3) is 0.615. The van der Waals surface area contributed by atoms with Crippen LogP contribution in [0.2, 0.25) is 0 Å². The maximum absolute atomic E-state index is 10.6. The molecule has 202 valence electrons. The first kappa shape index (κ1) is 27.4. The number of thiazole rings is 1. The highest BCUT2D eigenvalue weighted by molar-refractivity contribution is 7.21. The van der Waals surface area contributed by atoms with Crippen LogP contribution in [0.15, 0.2) is 12.3 Å². The van der Waals surface area contributed by atoms with Crippen LogP contribution in [0.3, 0.4) is 0 Å². The largest absolute Gasteiger partial charge is 0.476 e. The van der Waals surface area contributed by atoms with Crippen molar-refractivity contribution in [2.75, 3.05) is 44.0 Å². The number of rotatable bonds is 13. The van der Waals surface area contributed by atoms with E-state index in [-0.39, 0.29) is 19.1 Å². The molecule has 0 spiro atoms. The second-order valence-corrected chi connectivity index (χ2v) is 10.7. The van der Waals surface area contributed by atoms with Crippen molar-refractivity contribution in [3.8, 4) is 16.5 Å². The van der Waals surface area contributed by atoms with E-state index in [2.05, 4.69) is 15.6 Å². The summed E-state index contributed by atoms with van der Waals surface area (Å²) in [6.07, 6.45) is 6.67. The van der Waals surface area contributed by atoms with Gasteiger partial charge in [-0.15, -0.1) is 11.3 Å². The molecule has 3 heterocycles. The van der Waals surface area contributed by atoms with Gasteiger partial charge < -0.3 is 30.7 Å². The molecule has 0 bridgehead atoms. The van der Waals surface area contributed by atoms with Gasteiger partial charge in [-0.25, -0.2) is 15.0 Å². The molecule has 0 saturated heterocycles. The molecule has 0 amide bonds. The fourth-order valence-corrected chi connectivity index (χ4v) is 5.06. The van der Waals surface area contributed by atoms with E-state index in [1.165, 1.54) is 25.7 Å². The molecule has 2 saturated carbocycles. The van der Waals surface area contributed by atoms with Crippen molar-refractivity contribution >= 4 is 33.3 Å². The number of hydrogen-bond donors (Lipinski definition) is 5. The lowest BCUT2D eigenvalue weighted by atomic mass is 10.0. The number of aliphatic hydroxyl groups is 3. The molecule has 0 aliphatic heterocycles. The summed E-state index contributed by atoms with van der Waals surface area (Å²) < 4.78 is 6.98. The number of nitrogens with one attached hydrogen (secondary N) is 2. The Balaban J connectivity index is 0.00000156. The van der Waals surface area contributed by atoms with E-state index in [1.807, 2.05) is 19.9 Å². The second-order valence-electron chi connectivity index (χ2n) is 9.72. The van der Waals surface area contributed by atoms with E-state index < -0.39 is 6.10 Å². The van der Waals surface area contributed by atoms with Crippen LogP contribution >= 0.6 is 11.3 Å². The Kier molecular flexibility index (Phi) is 9.47. The van der Waals surface area contributed by atoms with Crippen LogP contribution in [0.5, 0.6) is 5.88 Å². The van der Waals surface area contributed by atoms with E-state index in [9.17, 15) is 10.2 Å². The highest BCUT2D eigenvalue weighted by Gasteiger charge is 2.25. The second kappa shape index (κ2) is 12.8. The summed E-state index contributed by atoms with van der Waals surface area (Å²) in [4.78, 5) is 18.8. The standard InChI is InChI=1S/C25H34N6O3S.CH4O/c1-3-17(12-32)18(33)11-27-22-20(14(2)29-25(31-22)28-10-15-4-5-15)24-30-21-19(35-24)8-9-26-23(21)34-13-16-6-7-16;1-2/h8-9,15-18,32-33H,3-7,10-13H2,1-2H3,(H2,27,28,29,31);2H,1H3/t17?,18-;/m0./s1. The Morgan fingerprint density at radius 1 is 1.11 bits per heavy atom. The van der Waals surface area contributed by atoms with Crippen LogP contribution in [-0.4, -0.2) is 74.8 Å². The Bertz CT molecular complexity index is 1160. The number of pyridine rings is 1. The molecule has 2 aliphatic carbocycles. The van der Waals surface area contributed by atoms with Gasteiger partial charge >= 0.3 is 0 Å². The maximum Gasteiger partial charge on any atom is 0.241 e. The van der Waals surface area contributed by atoms with Gasteiger partial charge in [-0.3, -0.25) is 0 Å². The van der Waals surface area contributed by atoms with Crippen LogP contribution in [0.4, 0.5) is 11.8 Å². The number of ether oxygens (including phenoxy) is 1. The van der Waals surface area contributed by atoms with E-state index in [4.69, 9.17) is 24.8 Å². The van der Waals surface area contributed by atoms with Gasteiger partial charge in [0.25, 0.3) is 0 Å². The topological polar surface area (TPSA) is 146 Å². The van der Waals surface area contributed by atoms with E-state index in [1.54, 1.807) is 17.5 Å². The number of anilines is 2. The minimum absolute atomic E-state index is 0.0578.